The smallest absolute Gasteiger partial charge is 0.184 e. The molecule has 5 nitrogen and oxygen atoms in total. The van der Waals surface area contributed by atoms with Crippen molar-refractivity contribution in [3.8, 4) is 6.07 Å². The van der Waals surface area contributed by atoms with Gasteiger partial charge >= 0.3 is 0 Å². The van der Waals surface area contributed by atoms with Crippen LogP contribution in [0.2, 0.25) is 10.0 Å². The number of rotatable bonds is 8. The molecule has 1 fully saturated rings. The van der Waals surface area contributed by atoms with Crippen LogP contribution in [0, 0.1) is 17.2 Å². The van der Waals surface area contributed by atoms with Crippen LogP contribution in [0.4, 0.5) is 0 Å². The molecule has 0 amide bonds. The number of ketones is 1. The van der Waals surface area contributed by atoms with Crippen molar-refractivity contribution in [2.45, 2.75) is 38.5 Å². The Morgan fingerprint density at radius 2 is 1.39 bits per heavy atom. The van der Waals surface area contributed by atoms with Crippen LogP contribution in [-0.2, 0) is 25.7 Å². The highest BCUT2D eigenvalue weighted by Gasteiger charge is 2.26. The molecule has 2 aromatic carbocycles. The Hall–Kier alpha value is -3.56. The summed E-state index contributed by atoms with van der Waals surface area (Å²) >= 11 is 12.0. The fourth-order valence-corrected chi connectivity index (χ4v) is 5.44. The average molecular weight is 586 g/mol. The molecule has 0 radical (unpaired) electrons. The van der Waals surface area contributed by atoms with E-state index in [-0.39, 0.29) is 11.7 Å². The van der Waals surface area contributed by atoms with Crippen molar-refractivity contribution in [3.05, 3.63) is 129 Å². The van der Waals surface area contributed by atoms with E-state index >= 15 is 0 Å². The van der Waals surface area contributed by atoms with Crippen LogP contribution in [0.3, 0.4) is 0 Å². The minimum Gasteiger partial charge on any atom is -0.306 e. The van der Waals surface area contributed by atoms with Gasteiger partial charge in [-0.05, 0) is 117 Å². The van der Waals surface area contributed by atoms with Gasteiger partial charge in [-0.25, -0.2) is 4.98 Å². The van der Waals surface area contributed by atoms with Crippen LogP contribution in [0.15, 0.2) is 85.2 Å². The summed E-state index contributed by atoms with van der Waals surface area (Å²) in [5.74, 6) is 0.325. The number of piperidine rings is 1. The lowest BCUT2D eigenvalue weighted by molar-refractivity contribution is 0.0850. The number of likely N-dealkylation sites (tertiary alicyclic amines) is 1. The predicted molar refractivity (Wildman–Crippen MR) is 165 cm³/mol. The van der Waals surface area contributed by atoms with Gasteiger partial charge in [-0.2, -0.15) is 5.26 Å². The van der Waals surface area contributed by atoms with Crippen LogP contribution in [-0.4, -0.2) is 40.8 Å². The number of pyridine rings is 2. The summed E-state index contributed by atoms with van der Waals surface area (Å²) in [6, 6.07) is 25.5. The van der Waals surface area contributed by atoms with Gasteiger partial charge in [-0.3, -0.25) is 9.78 Å². The fourth-order valence-electron chi connectivity index (χ4n) is 5.01. The summed E-state index contributed by atoms with van der Waals surface area (Å²) in [7, 11) is 2.11. The lowest BCUT2D eigenvalue weighted by Crippen LogP contribution is -2.34. The first-order valence-electron chi connectivity index (χ1n) is 13.9. The summed E-state index contributed by atoms with van der Waals surface area (Å²) in [6.45, 7) is 1.97. The maximum absolute atomic E-state index is 12.9. The Bertz CT molecular complexity index is 1490. The number of carbonyl (C=O) groups excluding carboxylic acids is 1. The highest BCUT2D eigenvalue weighted by Crippen LogP contribution is 2.23. The van der Waals surface area contributed by atoms with Gasteiger partial charge < -0.3 is 4.90 Å². The molecule has 2 aromatic heterocycles. The summed E-state index contributed by atoms with van der Waals surface area (Å²) < 4.78 is 0. The fraction of sp³-hybridized carbons (Fsp3) is 0.294. The zero-order valence-electron chi connectivity index (χ0n) is 23.3. The van der Waals surface area contributed by atoms with E-state index in [0.29, 0.717) is 11.4 Å². The molecule has 0 atom stereocenters. The normalized spacial score (nSPS) is 13.6. The molecule has 0 N–H and O–H groups in total. The van der Waals surface area contributed by atoms with Gasteiger partial charge in [0.1, 0.15) is 17.5 Å². The molecule has 5 rings (SSSR count). The Morgan fingerprint density at radius 1 is 0.829 bits per heavy atom. The van der Waals surface area contributed by atoms with Gasteiger partial charge in [-0.1, -0.05) is 59.6 Å². The highest BCUT2D eigenvalue weighted by atomic mass is 35.5. The summed E-state index contributed by atoms with van der Waals surface area (Å²) in [6.07, 6.45) is 8.56. The van der Waals surface area contributed by atoms with E-state index < -0.39 is 0 Å². The van der Waals surface area contributed by atoms with E-state index in [4.69, 9.17) is 28.5 Å². The quantitative estimate of drug-likeness (QED) is 0.201. The number of Topliss-reactive ketones (excluding diaryl/α,β-unsaturated/α-hetero) is 1. The lowest BCUT2D eigenvalue weighted by atomic mass is 9.88. The first kappa shape index (κ1) is 30.4. The third-order valence-corrected chi connectivity index (χ3v) is 7.83. The van der Waals surface area contributed by atoms with E-state index in [0.717, 1.165) is 72.8 Å². The lowest BCUT2D eigenvalue weighted by Gasteiger charge is -2.28. The molecule has 1 aliphatic rings. The number of hydrogen-bond acceptors (Lipinski definition) is 5. The third-order valence-electron chi connectivity index (χ3n) is 7.36. The largest absolute Gasteiger partial charge is 0.306 e. The molecule has 3 heterocycles. The number of carbonyl (C=O) groups is 1. The number of nitriles is 1. The Kier molecular flexibility index (Phi) is 11.5. The SMILES string of the molecule is CN1CCC(C(=O)c2ncccc2CCc2cccc(Cl)c2)CC1.N#Cc1ncccc1CCc1cccc(Cl)c1. The van der Waals surface area contributed by atoms with Crippen molar-refractivity contribution in [1.82, 2.24) is 14.9 Å². The average Bonchev–Trinajstić information content (AvgIpc) is 3.00. The maximum atomic E-state index is 12.9. The summed E-state index contributed by atoms with van der Waals surface area (Å²) in [5, 5.41) is 10.4. The Balaban J connectivity index is 0.000000201. The van der Waals surface area contributed by atoms with Gasteiger partial charge in [0.15, 0.2) is 5.78 Å². The number of hydrogen-bond donors (Lipinski definition) is 0. The monoisotopic (exact) mass is 584 g/mol. The number of halogens is 2. The zero-order chi connectivity index (χ0) is 29.0. The Morgan fingerprint density at radius 3 is 1.98 bits per heavy atom. The molecule has 0 aliphatic carbocycles. The molecular weight excluding hydrogens is 551 g/mol. The van der Waals surface area contributed by atoms with Gasteiger partial charge in [0.05, 0.1) is 0 Å². The highest BCUT2D eigenvalue weighted by molar-refractivity contribution is 6.30. The molecule has 4 aromatic rings. The van der Waals surface area contributed by atoms with Crippen LogP contribution in [0.25, 0.3) is 0 Å². The van der Waals surface area contributed by atoms with E-state index in [1.807, 2.05) is 66.7 Å². The maximum Gasteiger partial charge on any atom is 0.184 e. The number of aryl methyl sites for hydroxylation is 4. The molecule has 0 unspecified atom stereocenters. The second-order valence-corrected chi connectivity index (χ2v) is 11.2. The minimum atomic E-state index is 0.112. The second-order valence-electron chi connectivity index (χ2n) is 10.3. The van der Waals surface area contributed by atoms with Gasteiger partial charge in [0.25, 0.3) is 0 Å². The zero-order valence-corrected chi connectivity index (χ0v) is 24.8. The molecule has 41 heavy (non-hydrogen) atoms. The van der Waals surface area contributed by atoms with Crippen molar-refractivity contribution in [3.63, 3.8) is 0 Å². The van der Waals surface area contributed by atoms with E-state index in [1.54, 1.807) is 12.4 Å². The van der Waals surface area contributed by atoms with Crippen molar-refractivity contribution in [1.29, 1.82) is 5.26 Å². The molecule has 1 aliphatic heterocycles. The molecular formula is C34H34Cl2N4O. The van der Waals surface area contributed by atoms with Crippen molar-refractivity contribution in [2.75, 3.05) is 20.1 Å². The standard InChI is InChI=1S/C20H23ClN2O.C14H11ClN2/c1-23-12-9-17(10-13-23)20(24)19-16(5-3-11-22-19)8-7-15-4-2-6-18(21)14-15;15-13-5-1-3-11(9-13)6-7-12-4-2-8-17-14(12)10-16/h2-6,11,14,17H,7-10,12-13H2,1H3;1-5,8-9H,6-7H2. The van der Waals surface area contributed by atoms with Crippen LogP contribution in [0.5, 0.6) is 0 Å². The molecule has 7 heteroatoms. The molecule has 0 bridgehead atoms. The van der Waals surface area contributed by atoms with Crippen molar-refractivity contribution >= 4 is 29.0 Å². The molecule has 210 valence electrons. The molecule has 1 saturated heterocycles. The first-order valence-corrected chi connectivity index (χ1v) is 14.7. The van der Waals surface area contributed by atoms with E-state index in [1.165, 1.54) is 11.1 Å². The predicted octanol–water partition coefficient (Wildman–Crippen LogP) is 7.44. The summed E-state index contributed by atoms with van der Waals surface area (Å²) in [4.78, 5) is 23.6. The topological polar surface area (TPSA) is 69.9 Å². The molecule has 0 spiro atoms. The number of nitrogens with zero attached hydrogens (tertiary/aromatic N) is 4. The number of benzene rings is 2. The van der Waals surface area contributed by atoms with Gasteiger partial charge in [-0.15, -0.1) is 0 Å². The van der Waals surface area contributed by atoms with Crippen LogP contribution >= 0.6 is 23.2 Å². The van der Waals surface area contributed by atoms with Crippen LogP contribution in [0.1, 0.15) is 51.3 Å². The van der Waals surface area contributed by atoms with E-state index in [9.17, 15) is 4.79 Å². The second kappa shape index (κ2) is 15.4. The van der Waals surface area contributed by atoms with Gasteiger partial charge in [0, 0.05) is 28.4 Å². The summed E-state index contributed by atoms with van der Waals surface area (Å²) in [5.41, 5.74) is 5.55. The number of aromatic nitrogens is 2. The first-order chi connectivity index (χ1) is 19.9. The Labute approximate surface area is 252 Å². The van der Waals surface area contributed by atoms with Crippen LogP contribution < -0.4 is 0 Å². The minimum absolute atomic E-state index is 0.112. The third kappa shape index (κ3) is 9.23. The van der Waals surface area contributed by atoms with Crippen molar-refractivity contribution < 1.29 is 4.79 Å². The van der Waals surface area contributed by atoms with E-state index in [2.05, 4.69) is 34.1 Å². The van der Waals surface area contributed by atoms with Crippen molar-refractivity contribution in [2.24, 2.45) is 5.92 Å². The van der Waals surface area contributed by atoms with Gasteiger partial charge in [0.2, 0.25) is 0 Å². The molecule has 0 saturated carbocycles.